The molecule has 0 bridgehead atoms. The van der Waals surface area contributed by atoms with Crippen molar-refractivity contribution in [1.82, 2.24) is 4.37 Å². The van der Waals surface area contributed by atoms with E-state index in [1.807, 2.05) is 17.5 Å². The molecule has 2 aromatic heterocycles. The average Bonchev–Trinajstić information content (AvgIpc) is 2.55. The van der Waals surface area contributed by atoms with Crippen LogP contribution < -0.4 is 0 Å². The van der Waals surface area contributed by atoms with Gasteiger partial charge in [0.15, 0.2) is 0 Å². The molecule has 2 rings (SSSR count). The molecular weight excluding hydrogens is 214 g/mol. The Morgan fingerprint density at radius 3 is 2.91 bits per heavy atom. The van der Waals surface area contributed by atoms with Crippen LogP contribution in [-0.4, -0.2) is 4.37 Å². The summed E-state index contributed by atoms with van der Waals surface area (Å²) in [5.74, 6) is 0. The highest BCUT2D eigenvalue weighted by Gasteiger charge is 2.03. The first-order valence-electron chi connectivity index (χ1n) is 2.88. The molecule has 0 fully saturated rings. The predicted molar refractivity (Wildman–Crippen MR) is 54.1 cm³/mol. The summed E-state index contributed by atoms with van der Waals surface area (Å²) in [7, 11) is 3.01. The standard InChI is InChI=1S/C6H3NS4/c8-6-5(7-11-10-6)4-2-1-3-9-4/h1-3H. The summed E-state index contributed by atoms with van der Waals surface area (Å²) in [4.78, 5) is 1.17. The first-order chi connectivity index (χ1) is 5.38. The molecule has 0 atom stereocenters. The third-order valence-electron chi connectivity index (χ3n) is 1.19. The van der Waals surface area contributed by atoms with Gasteiger partial charge in [0, 0.05) is 10.5 Å². The minimum absolute atomic E-state index is 0.900. The maximum absolute atomic E-state index is 5.11. The van der Waals surface area contributed by atoms with Crippen molar-refractivity contribution in [2.45, 2.75) is 0 Å². The molecule has 0 radical (unpaired) electrons. The van der Waals surface area contributed by atoms with Gasteiger partial charge in [-0.05, 0) is 21.8 Å². The second kappa shape index (κ2) is 3.10. The van der Waals surface area contributed by atoms with Crippen molar-refractivity contribution < 1.29 is 0 Å². The summed E-state index contributed by atoms with van der Waals surface area (Å²) in [6, 6.07) is 4.06. The fraction of sp³-hybridized carbons (Fsp3) is 0. The van der Waals surface area contributed by atoms with Crippen LogP contribution in [0.15, 0.2) is 17.5 Å². The molecule has 2 heterocycles. The van der Waals surface area contributed by atoms with Gasteiger partial charge in [-0.1, -0.05) is 18.3 Å². The largest absolute Gasteiger partial charge is 0.179 e. The van der Waals surface area contributed by atoms with Crippen molar-refractivity contribution in [2.24, 2.45) is 0 Å². The fourth-order valence-corrected chi connectivity index (χ4v) is 3.56. The molecule has 0 aliphatic carbocycles. The number of thiophene rings is 1. The SMILES string of the molecule is S=c1ssnc1-c1cccs1. The molecule has 0 aliphatic heterocycles. The first-order valence-corrected chi connectivity index (χ1v) is 6.27. The predicted octanol–water partition coefficient (Wildman–Crippen LogP) is 3.66. The Kier molecular flexibility index (Phi) is 2.13. The number of hydrogen-bond acceptors (Lipinski definition) is 5. The van der Waals surface area contributed by atoms with Gasteiger partial charge in [-0.25, -0.2) is 0 Å². The van der Waals surface area contributed by atoms with Crippen LogP contribution in [0, 0.1) is 3.82 Å². The van der Waals surface area contributed by atoms with Gasteiger partial charge in [-0.15, -0.1) is 11.3 Å². The number of rotatable bonds is 1. The lowest BCUT2D eigenvalue weighted by molar-refractivity contribution is 1.57. The number of aromatic nitrogens is 1. The molecule has 0 saturated heterocycles. The van der Waals surface area contributed by atoms with E-state index in [9.17, 15) is 0 Å². The van der Waals surface area contributed by atoms with E-state index in [0.29, 0.717) is 0 Å². The van der Waals surface area contributed by atoms with Gasteiger partial charge in [0.25, 0.3) is 0 Å². The van der Waals surface area contributed by atoms with Crippen LogP contribution in [0.25, 0.3) is 10.6 Å². The highest BCUT2D eigenvalue weighted by atomic mass is 32.9. The van der Waals surface area contributed by atoms with Crippen LogP contribution in [0.4, 0.5) is 0 Å². The second-order valence-electron chi connectivity index (χ2n) is 1.86. The second-order valence-corrected chi connectivity index (χ2v) is 5.33. The Balaban J connectivity index is 2.62. The quantitative estimate of drug-likeness (QED) is 0.534. The van der Waals surface area contributed by atoms with Crippen LogP contribution in [0.2, 0.25) is 0 Å². The lowest BCUT2D eigenvalue weighted by atomic mass is 10.4. The van der Waals surface area contributed by atoms with E-state index in [0.717, 1.165) is 9.52 Å². The van der Waals surface area contributed by atoms with E-state index in [-0.39, 0.29) is 0 Å². The Hall–Kier alpha value is -0.100. The van der Waals surface area contributed by atoms with Crippen molar-refractivity contribution in [3.63, 3.8) is 0 Å². The van der Waals surface area contributed by atoms with E-state index in [1.165, 1.54) is 15.4 Å². The van der Waals surface area contributed by atoms with Crippen LogP contribution in [-0.2, 0) is 0 Å². The first kappa shape index (κ1) is 7.54. The van der Waals surface area contributed by atoms with Crippen LogP contribution in [0.5, 0.6) is 0 Å². The van der Waals surface area contributed by atoms with Gasteiger partial charge in [0.05, 0.1) is 4.88 Å². The lowest BCUT2D eigenvalue weighted by Crippen LogP contribution is -1.67. The third kappa shape index (κ3) is 1.41. The smallest absolute Gasteiger partial charge is 0.130 e. The summed E-state index contributed by atoms with van der Waals surface area (Å²) in [6.45, 7) is 0. The normalized spacial score (nSPS) is 10.2. The zero-order valence-corrected chi connectivity index (χ0v) is 8.58. The topological polar surface area (TPSA) is 12.9 Å². The average molecular weight is 217 g/mol. The molecule has 11 heavy (non-hydrogen) atoms. The van der Waals surface area contributed by atoms with Crippen molar-refractivity contribution in [3.8, 4) is 10.6 Å². The van der Waals surface area contributed by atoms with E-state index < -0.39 is 0 Å². The summed E-state index contributed by atoms with van der Waals surface area (Å²) >= 11 is 6.79. The molecule has 0 saturated carbocycles. The van der Waals surface area contributed by atoms with Gasteiger partial charge in [-0.3, -0.25) is 0 Å². The van der Waals surface area contributed by atoms with Gasteiger partial charge in [-0.2, -0.15) is 4.37 Å². The Morgan fingerprint density at radius 1 is 1.45 bits per heavy atom. The maximum atomic E-state index is 5.11. The molecule has 0 aromatic carbocycles. The lowest BCUT2D eigenvalue weighted by Gasteiger charge is -1.83. The molecule has 1 nitrogen and oxygen atoms in total. The molecule has 0 unspecified atom stereocenters. The van der Waals surface area contributed by atoms with Crippen molar-refractivity contribution in [2.75, 3.05) is 0 Å². The van der Waals surface area contributed by atoms with Crippen molar-refractivity contribution in [3.05, 3.63) is 21.3 Å². The minimum Gasteiger partial charge on any atom is -0.179 e. The monoisotopic (exact) mass is 217 g/mol. The Labute approximate surface area is 80.5 Å². The van der Waals surface area contributed by atoms with Gasteiger partial charge < -0.3 is 0 Å². The summed E-state index contributed by atoms with van der Waals surface area (Å²) < 4.78 is 5.13. The van der Waals surface area contributed by atoms with Crippen LogP contribution >= 0.6 is 44.4 Å². The van der Waals surface area contributed by atoms with Crippen molar-refractivity contribution in [1.29, 1.82) is 0 Å². The molecule has 0 aliphatic rings. The highest BCUT2D eigenvalue weighted by Crippen LogP contribution is 2.27. The van der Waals surface area contributed by atoms with Gasteiger partial charge >= 0.3 is 0 Å². The zero-order chi connectivity index (χ0) is 7.68. The molecule has 56 valence electrons. The maximum Gasteiger partial charge on any atom is 0.130 e. The summed E-state index contributed by atoms with van der Waals surface area (Å²) in [5, 5.41) is 2.04. The number of nitrogens with zero attached hydrogens (tertiary/aromatic N) is 1. The zero-order valence-electron chi connectivity index (χ0n) is 5.31. The Bertz CT molecular complexity index is 383. The summed E-state index contributed by atoms with van der Waals surface area (Å²) in [6.07, 6.45) is 0. The van der Waals surface area contributed by atoms with E-state index in [2.05, 4.69) is 4.37 Å². The third-order valence-corrected chi connectivity index (χ3v) is 4.45. The van der Waals surface area contributed by atoms with E-state index in [1.54, 1.807) is 21.7 Å². The van der Waals surface area contributed by atoms with Crippen LogP contribution in [0.3, 0.4) is 0 Å². The van der Waals surface area contributed by atoms with E-state index in [4.69, 9.17) is 12.2 Å². The van der Waals surface area contributed by atoms with Crippen molar-refractivity contribution >= 4 is 44.4 Å². The van der Waals surface area contributed by atoms with Gasteiger partial charge in [0.1, 0.15) is 9.52 Å². The minimum atomic E-state index is 0.900. The molecule has 5 heteroatoms. The molecule has 2 aromatic rings. The van der Waals surface area contributed by atoms with Crippen LogP contribution in [0.1, 0.15) is 0 Å². The van der Waals surface area contributed by atoms with E-state index >= 15 is 0 Å². The van der Waals surface area contributed by atoms with Gasteiger partial charge in [0.2, 0.25) is 0 Å². The molecule has 0 spiro atoms. The molecule has 0 amide bonds. The highest BCUT2D eigenvalue weighted by molar-refractivity contribution is 7.79. The Morgan fingerprint density at radius 2 is 2.36 bits per heavy atom. The molecular formula is C6H3NS4. The molecule has 0 N–H and O–H groups in total. The number of hydrogen-bond donors (Lipinski definition) is 0. The fourth-order valence-electron chi connectivity index (χ4n) is 0.725. The summed E-state index contributed by atoms with van der Waals surface area (Å²) in [5.41, 5.74) is 0.977.